The molecule has 0 aromatic carbocycles. The molecule has 1 N–H and O–H groups in total. The van der Waals surface area contributed by atoms with Gasteiger partial charge >= 0.3 is 0 Å². The molecule has 0 saturated carbocycles. The number of nitrogens with zero attached hydrogens (tertiary/aromatic N) is 1. The zero-order chi connectivity index (χ0) is 10.8. The second kappa shape index (κ2) is 4.37. The quantitative estimate of drug-likeness (QED) is 0.851. The van der Waals surface area contributed by atoms with Crippen molar-refractivity contribution in [1.82, 2.24) is 9.71 Å². The average Bonchev–Trinajstić information content (AvgIpc) is 2.42. The van der Waals surface area contributed by atoms with Crippen molar-refractivity contribution in [3.05, 3.63) is 15.6 Å². The van der Waals surface area contributed by atoms with Crippen LogP contribution in [-0.4, -0.2) is 19.2 Å². The maximum Gasteiger partial charge on any atom is 0.211 e. The number of aryl methyl sites for hydroxylation is 2. The number of hydrogen-bond donors (Lipinski definition) is 1. The van der Waals surface area contributed by atoms with Gasteiger partial charge in [-0.15, -0.1) is 11.3 Å². The molecular formula is C8H14N2O2S2. The van der Waals surface area contributed by atoms with E-state index < -0.39 is 10.0 Å². The van der Waals surface area contributed by atoms with Gasteiger partial charge in [-0.3, -0.25) is 0 Å². The van der Waals surface area contributed by atoms with E-state index in [9.17, 15) is 8.42 Å². The van der Waals surface area contributed by atoms with Crippen molar-refractivity contribution in [1.29, 1.82) is 0 Å². The lowest BCUT2D eigenvalue weighted by Gasteiger charge is -2.02. The van der Waals surface area contributed by atoms with Crippen LogP contribution in [0.2, 0.25) is 0 Å². The van der Waals surface area contributed by atoms with Crippen LogP contribution >= 0.6 is 11.3 Å². The van der Waals surface area contributed by atoms with Crippen molar-refractivity contribution in [3.8, 4) is 0 Å². The molecule has 0 atom stereocenters. The third-order valence-corrected chi connectivity index (χ3v) is 4.25. The van der Waals surface area contributed by atoms with E-state index in [0.717, 1.165) is 15.6 Å². The number of aromatic nitrogens is 1. The summed E-state index contributed by atoms with van der Waals surface area (Å²) in [6, 6.07) is 0. The normalized spacial score (nSPS) is 11.9. The van der Waals surface area contributed by atoms with Crippen molar-refractivity contribution in [3.63, 3.8) is 0 Å². The van der Waals surface area contributed by atoms with Crippen LogP contribution in [0.25, 0.3) is 0 Å². The highest BCUT2D eigenvalue weighted by atomic mass is 32.2. The fraction of sp³-hybridized carbons (Fsp3) is 0.625. The lowest BCUT2D eigenvalue weighted by Crippen LogP contribution is -2.24. The van der Waals surface area contributed by atoms with Gasteiger partial charge in [0.05, 0.1) is 16.5 Å². The molecule has 0 saturated heterocycles. The summed E-state index contributed by atoms with van der Waals surface area (Å²) in [6.45, 7) is 5.77. The minimum absolute atomic E-state index is 0.115. The van der Waals surface area contributed by atoms with Gasteiger partial charge in [-0.05, 0) is 20.8 Å². The Morgan fingerprint density at radius 2 is 2.07 bits per heavy atom. The highest BCUT2D eigenvalue weighted by Crippen LogP contribution is 2.16. The summed E-state index contributed by atoms with van der Waals surface area (Å²) < 4.78 is 24.8. The molecule has 0 aliphatic rings. The van der Waals surface area contributed by atoms with Crippen molar-refractivity contribution in [2.45, 2.75) is 27.3 Å². The molecule has 0 unspecified atom stereocenters. The van der Waals surface area contributed by atoms with Gasteiger partial charge in [0.15, 0.2) is 0 Å². The van der Waals surface area contributed by atoms with E-state index in [-0.39, 0.29) is 5.75 Å². The standard InChI is InChI=1S/C8H14N2O2S2/c1-4-14(11,12)9-5-8-6(2)10-7(3)13-8/h9H,4-5H2,1-3H3. The Labute approximate surface area is 88.4 Å². The van der Waals surface area contributed by atoms with Crippen molar-refractivity contribution in [2.75, 3.05) is 5.75 Å². The van der Waals surface area contributed by atoms with Gasteiger partial charge in [0.25, 0.3) is 0 Å². The molecule has 80 valence electrons. The molecule has 4 nitrogen and oxygen atoms in total. The van der Waals surface area contributed by atoms with Gasteiger partial charge in [-0.1, -0.05) is 0 Å². The molecule has 0 radical (unpaired) electrons. The Balaban J connectivity index is 2.67. The number of nitrogens with one attached hydrogen (secondary N) is 1. The molecule has 0 amide bonds. The predicted octanol–water partition coefficient (Wildman–Crippen LogP) is 1.20. The maximum atomic E-state index is 11.2. The molecule has 0 aliphatic heterocycles. The Morgan fingerprint density at radius 1 is 1.43 bits per heavy atom. The minimum atomic E-state index is -3.10. The molecule has 0 fully saturated rings. The van der Waals surface area contributed by atoms with Crippen LogP contribution < -0.4 is 4.72 Å². The summed E-state index contributed by atoms with van der Waals surface area (Å²) in [5.41, 5.74) is 0.909. The van der Waals surface area contributed by atoms with Crippen LogP contribution in [-0.2, 0) is 16.6 Å². The number of hydrogen-bond acceptors (Lipinski definition) is 4. The third-order valence-electron chi connectivity index (χ3n) is 1.83. The molecule has 1 aromatic heterocycles. The second-order valence-corrected chi connectivity index (χ2v) is 6.35. The Bertz CT molecular complexity index is 409. The molecule has 1 aromatic rings. The third kappa shape index (κ3) is 3.04. The largest absolute Gasteiger partial charge is 0.247 e. The first-order valence-electron chi connectivity index (χ1n) is 4.35. The van der Waals surface area contributed by atoms with E-state index >= 15 is 0 Å². The Kier molecular flexibility index (Phi) is 3.63. The fourth-order valence-electron chi connectivity index (χ4n) is 1.02. The summed E-state index contributed by atoms with van der Waals surface area (Å²) in [5.74, 6) is 0.115. The highest BCUT2D eigenvalue weighted by molar-refractivity contribution is 7.89. The molecule has 0 bridgehead atoms. The molecule has 0 aliphatic carbocycles. The Hall–Kier alpha value is -0.460. The van der Waals surface area contributed by atoms with Gasteiger partial charge in [-0.2, -0.15) is 0 Å². The average molecular weight is 234 g/mol. The number of rotatable bonds is 4. The summed E-state index contributed by atoms with van der Waals surface area (Å²) in [5, 5.41) is 0.966. The van der Waals surface area contributed by atoms with Crippen LogP contribution in [0.4, 0.5) is 0 Å². The smallest absolute Gasteiger partial charge is 0.211 e. The SMILES string of the molecule is CCS(=O)(=O)NCc1sc(C)nc1C. The number of sulfonamides is 1. The summed E-state index contributed by atoms with van der Waals surface area (Å²) in [4.78, 5) is 5.21. The first-order valence-corrected chi connectivity index (χ1v) is 6.81. The second-order valence-electron chi connectivity index (χ2n) is 2.97. The first kappa shape index (κ1) is 11.6. The van der Waals surface area contributed by atoms with E-state index in [4.69, 9.17) is 0 Å². The van der Waals surface area contributed by atoms with E-state index in [1.165, 1.54) is 11.3 Å². The van der Waals surface area contributed by atoms with Crippen LogP contribution in [0.3, 0.4) is 0 Å². The molecule has 6 heteroatoms. The van der Waals surface area contributed by atoms with Gasteiger partial charge < -0.3 is 0 Å². The van der Waals surface area contributed by atoms with Crippen LogP contribution in [0.15, 0.2) is 0 Å². The Morgan fingerprint density at radius 3 is 2.50 bits per heavy atom. The van der Waals surface area contributed by atoms with Gasteiger partial charge in [-0.25, -0.2) is 18.1 Å². The lowest BCUT2D eigenvalue weighted by atomic mass is 10.4. The topological polar surface area (TPSA) is 59.1 Å². The van der Waals surface area contributed by atoms with Crippen LogP contribution in [0, 0.1) is 13.8 Å². The summed E-state index contributed by atoms with van der Waals surface area (Å²) in [6.07, 6.45) is 0. The van der Waals surface area contributed by atoms with Gasteiger partial charge in [0, 0.05) is 11.4 Å². The summed E-state index contributed by atoms with van der Waals surface area (Å²) >= 11 is 1.53. The van der Waals surface area contributed by atoms with E-state index in [1.807, 2.05) is 13.8 Å². The van der Waals surface area contributed by atoms with Crippen molar-refractivity contribution in [2.24, 2.45) is 0 Å². The van der Waals surface area contributed by atoms with Crippen molar-refractivity contribution >= 4 is 21.4 Å². The zero-order valence-corrected chi connectivity index (χ0v) is 10.1. The molecule has 1 rings (SSSR count). The van der Waals surface area contributed by atoms with Crippen molar-refractivity contribution < 1.29 is 8.42 Å². The van der Waals surface area contributed by atoms with E-state index in [2.05, 4.69) is 9.71 Å². The first-order chi connectivity index (χ1) is 6.44. The predicted molar refractivity (Wildman–Crippen MR) is 57.9 cm³/mol. The summed E-state index contributed by atoms with van der Waals surface area (Å²) in [7, 11) is -3.10. The lowest BCUT2D eigenvalue weighted by molar-refractivity contribution is 0.583. The van der Waals surface area contributed by atoms with E-state index in [0.29, 0.717) is 6.54 Å². The fourth-order valence-corrected chi connectivity index (χ4v) is 2.55. The number of thiazole rings is 1. The van der Waals surface area contributed by atoms with Crippen LogP contribution in [0.5, 0.6) is 0 Å². The molecule has 14 heavy (non-hydrogen) atoms. The minimum Gasteiger partial charge on any atom is -0.247 e. The molecular weight excluding hydrogens is 220 g/mol. The van der Waals surface area contributed by atoms with Gasteiger partial charge in [0.2, 0.25) is 10.0 Å². The van der Waals surface area contributed by atoms with Crippen LogP contribution in [0.1, 0.15) is 22.5 Å². The monoisotopic (exact) mass is 234 g/mol. The highest BCUT2D eigenvalue weighted by Gasteiger charge is 2.09. The zero-order valence-electron chi connectivity index (χ0n) is 8.49. The van der Waals surface area contributed by atoms with E-state index in [1.54, 1.807) is 6.92 Å². The maximum absolute atomic E-state index is 11.2. The molecule has 1 heterocycles. The molecule has 0 spiro atoms. The van der Waals surface area contributed by atoms with Gasteiger partial charge in [0.1, 0.15) is 0 Å².